The van der Waals surface area contributed by atoms with E-state index in [2.05, 4.69) is 30.5 Å². The number of nitrogens with zero attached hydrogens (tertiary/aromatic N) is 1. The van der Waals surface area contributed by atoms with Crippen molar-refractivity contribution >= 4 is 0 Å². The van der Waals surface area contributed by atoms with Crippen molar-refractivity contribution in [1.29, 1.82) is 0 Å². The van der Waals surface area contributed by atoms with Crippen molar-refractivity contribution in [1.82, 2.24) is 4.98 Å². The fraction of sp³-hybridized carbons (Fsp3) is 0.500. The molecule has 0 aromatic carbocycles. The molecule has 1 heterocycles. The van der Waals surface area contributed by atoms with Crippen molar-refractivity contribution in [2.24, 2.45) is 0 Å². The highest BCUT2D eigenvalue weighted by Crippen LogP contribution is 1.90. The summed E-state index contributed by atoms with van der Waals surface area (Å²) >= 11 is 0. The first-order chi connectivity index (χ1) is 6.29. The van der Waals surface area contributed by atoms with Gasteiger partial charge in [0.15, 0.2) is 0 Å². The van der Waals surface area contributed by atoms with Gasteiger partial charge in [-0.15, -0.1) is 0 Å². The quantitative estimate of drug-likeness (QED) is 0.521. The van der Waals surface area contributed by atoms with Gasteiger partial charge >= 0.3 is 0 Å². The van der Waals surface area contributed by atoms with E-state index in [9.17, 15) is 0 Å². The Kier molecular flexibility index (Phi) is 4.43. The van der Waals surface area contributed by atoms with Gasteiger partial charge in [0, 0.05) is 18.0 Å². The molecule has 3 N–H and O–H groups in total. The van der Waals surface area contributed by atoms with Crippen LogP contribution in [0.4, 0.5) is 0 Å². The summed E-state index contributed by atoms with van der Waals surface area (Å²) in [4.78, 5) is 5.58. The van der Waals surface area contributed by atoms with Crippen LogP contribution in [0.3, 0.4) is 0 Å². The second kappa shape index (κ2) is 5.67. The van der Waals surface area contributed by atoms with Crippen LogP contribution < -0.4 is 10.2 Å². The number of rotatable bonds is 5. The standard InChI is InChI=1S/C10H17N3/c1-13(2)7-6-12-9-10-4-3-5-11-8-10/h3-5,8,12H,6-7,9H2,1-2H3/p+2. The molecular weight excluding hydrogens is 162 g/mol. The van der Waals surface area contributed by atoms with Crippen molar-refractivity contribution in [2.75, 3.05) is 27.2 Å². The molecule has 0 aliphatic carbocycles. The molecule has 0 aliphatic heterocycles. The van der Waals surface area contributed by atoms with Gasteiger partial charge in [-0.25, -0.2) is 0 Å². The highest BCUT2D eigenvalue weighted by molar-refractivity contribution is 5.06. The average Bonchev–Trinajstić information content (AvgIpc) is 2.14. The minimum atomic E-state index is 1.04. The zero-order valence-electron chi connectivity index (χ0n) is 8.46. The Balaban J connectivity index is 2.13. The SMILES string of the molecule is C[NH+](C)CC[NH2+]Cc1cccnc1. The predicted molar refractivity (Wildman–Crippen MR) is 52.4 cm³/mol. The first-order valence-electron chi connectivity index (χ1n) is 4.78. The molecule has 0 radical (unpaired) electrons. The van der Waals surface area contributed by atoms with E-state index in [-0.39, 0.29) is 0 Å². The highest BCUT2D eigenvalue weighted by Gasteiger charge is 1.96. The van der Waals surface area contributed by atoms with Crippen LogP contribution >= 0.6 is 0 Å². The van der Waals surface area contributed by atoms with Gasteiger partial charge in [0.05, 0.1) is 14.1 Å². The Bertz CT molecular complexity index is 221. The summed E-state index contributed by atoms with van der Waals surface area (Å²) in [6, 6.07) is 4.10. The van der Waals surface area contributed by atoms with Crippen LogP contribution in [-0.4, -0.2) is 32.2 Å². The van der Waals surface area contributed by atoms with Crippen LogP contribution in [0.25, 0.3) is 0 Å². The molecule has 0 saturated carbocycles. The van der Waals surface area contributed by atoms with Gasteiger partial charge < -0.3 is 10.2 Å². The van der Waals surface area contributed by atoms with Crippen LogP contribution in [0.15, 0.2) is 24.5 Å². The number of hydrogen-bond donors (Lipinski definition) is 2. The summed E-state index contributed by atoms with van der Waals surface area (Å²) in [6.07, 6.45) is 3.74. The maximum absolute atomic E-state index is 4.07. The maximum Gasteiger partial charge on any atom is 0.126 e. The topological polar surface area (TPSA) is 33.9 Å². The Morgan fingerprint density at radius 3 is 2.92 bits per heavy atom. The molecule has 1 aromatic rings. The van der Waals surface area contributed by atoms with Crippen molar-refractivity contribution in [2.45, 2.75) is 6.54 Å². The van der Waals surface area contributed by atoms with Crippen molar-refractivity contribution in [3.8, 4) is 0 Å². The molecule has 0 saturated heterocycles. The smallest absolute Gasteiger partial charge is 0.126 e. The van der Waals surface area contributed by atoms with E-state index in [0.29, 0.717) is 0 Å². The van der Waals surface area contributed by atoms with Crippen LogP contribution in [0.1, 0.15) is 5.56 Å². The lowest BCUT2D eigenvalue weighted by molar-refractivity contribution is -0.875. The normalized spacial score (nSPS) is 10.7. The fourth-order valence-corrected chi connectivity index (χ4v) is 1.18. The molecule has 72 valence electrons. The van der Waals surface area contributed by atoms with Crippen LogP contribution in [0.2, 0.25) is 0 Å². The predicted octanol–water partition coefficient (Wildman–Crippen LogP) is -1.71. The number of nitrogens with one attached hydrogen (secondary N) is 1. The number of likely N-dealkylation sites (N-methyl/N-ethyl adjacent to an activating group) is 1. The minimum Gasteiger partial charge on any atom is -0.338 e. The van der Waals surface area contributed by atoms with Gasteiger partial charge in [-0.1, -0.05) is 6.07 Å². The molecule has 1 aromatic heterocycles. The summed E-state index contributed by atoms with van der Waals surface area (Å²) in [7, 11) is 4.36. The van der Waals surface area contributed by atoms with Gasteiger partial charge in [-0.05, 0) is 6.07 Å². The molecule has 0 atom stereocenters. The lowest BCUT2D eigenvalue weighted by atomic mass is 10.3. The number of quaternary nitrogens is 2. The van der Waals surface area contributed by atoms with Crippen molar-refractivity contribution in [3.05, 3.63) is 30.1 Å². The van der Waals surface area contributed by atoms with Gasteiger partial charge in [0.25, 0.3) is 0 Å². The Morgan fingerprint density at radius 1 is 1.46 bits per heavy atom. The molecule has 0 unspecified atom stereocenters. The monoisotopic (exact) mass is 181 g/mol. The van der Waals surface area contributed by atoms with Gasteiger partial charge in [-0.3, -0.25) is 4.98 Å². The summed E-state index contributed by atoms with van der Waals surface area (Å²) in [5.74, 6) is 0. The lowest BCUT2D eigenvalue weighted by Gasteiger charge is -2.05. The molecule has 0 bridgehead atoms. The van der Waals surface area contributed by atoms with E-state index >= 15 is 0 Å². The molecular formula is C10H19N3+2. The number of pyridine rings is 1. The minimum absolute atomic E-state index is 1.04. The Hall–Kier alpha value is -0.930. The molecule has 0 aliphatic rings. The fourth-order valence-electron chi connectivity index (χ4n) is 1.18. The van der Waals surface area contributed by atoms with Crippen LogP contribution in [0, 0.1) is 0 Å². The average molecular weight is 181 g/mol. The zero-order valence-corrected chi connectivity index (χ0v) is 8.46. The first kappa shape index (κ1) is 10.2. The summed E-state index contributed by atoms with van der Waals surface area (Å²) < 4.78 is 0. The van der Waals surface area contributed by atoms with Crippen molar-refractivity contribution in [3.63, 3.8) is 0 Å². The van der Waals surface area contributed by atoms with Crippen LogP contribution in [-0.2, 0) is 6.54 Å². The number of hydrogen-bond acceptors (Lipinski definition) is 1. The van der Waals surface area contributed by atoms with Gasteiger partial charge in [0.2, 0.25) is 0 Å². The molecule has 13 heavy (non-hydrogen) atoms. The Morgan fingerprint density at radius 2 is 2.31 bits per heavy atom. The van der Waals surface area contributed by atoms with E-state index in [0.717, 1.165) is 6.54 Å². The zero-order chi connectivity index (χ0) is 9.52. The largest absolute Gasteiger partial charge is 0.338 e. The van der Waals surface area contributed by atoms with Crippen molar-refractivity contribution < 1.29 is 10.2 Å². The second-order valence-electron chi connectivity index (χ2n) is 3.60. The van der Waals surface area contributed by atoms with E-state index in [1.54, 1.807) is 0 Å². The van der Waals surface area contributed by atoms with Gasteiger partial charge in [0.1, 0.15) is 19.6 Å². The summed E-state index contributed by atoms with van der Waals surface area (Å²) in [5.41, 5.74) is 1.30. The third kappa shape index (κ3) is 4.60. The number of nitrogens with two attached hydrogens (primary N) is 1. The summed E-state index contributed by atoms with van der Waals surface area (Å²) in [6.45, 7) is 3.43. The third-order valence-corrected chi connectivity index (χ3v) is 1.95. The van der Waals surface area contributed by atoms with E-state index in [1.807, 2.05) is 18.5 Å². The Labute approximate surface area is 79.8 Å². The molecule has 0 spiro atoms. The first-order valence-corrected chi connectivity index (χ1v) is 4.78. The van der Waals surface area contributed by atoms with Crippen LogP contribution in [0.5, 0.6) is 0 Å². The van der Waals surface area contributed by atoms with E-state index < -0.39 is 0 Å². The second-order valence-corrected chi connectivity index (χ2v) is 3.60. The number of aromatic nitrogens is 1. The molecule has 3 nitrogen and oxygen atoms in total. The molecule has 1 rings (SSSR count). The van der Waals surface area contributed by atoms with Gasteiger partial charge in [-0.2, -0.15) is 0 Å². The third-order valence-electron chi connectivity index (χ3n) is 1.95. The molecule has 0 amide bonds. The maximum atomic E-state index is 4.07. The highest BCUT2D eigenvalue weighted by atomic mass is 15.1. The summed E-state index contributed by atoms with van der Waals surface area (Å²) in [5, 5.41) is 2.32. The molecule has 3 heteroatoms. The molecule has 0 fully saturated rings. The lowest BCUT2D eigenvalue weighted by Crippen LogP contribution is -3.09. The van der Waals surface area contributed by atoms with E-state index in [4.69, 9.17) is 0 Å². The van der Waals surface area contributed by atoms with E-state index in [1.165, 1.54) is 23.6 Å².